The fourth-order valence-electron chi connectivity index (χ4n) is 2.14. The monoisotopic (exact) mass is 263 g/mol. The van der Waals surface area contributed by atoms with Crippen LogP contribution >= 0.6 is 0 Å². The number of aryl methyl sites for hydroxylation is 1. The first-order valence-corrected chi connectivity index (χ1v) is 6.68. The van der Waals surface area contributed by atoms with Gasteiger partial charge in [-0.1, -0.05) is 32.9 Å². The van der Waals surface area contributed by atoms with Gasteiger partial charge in [0.2, 0.25) is 0 Å². The number of aliphatic carboxylic acids is 1. The Kier molecular flexibility index (Phi) is 4.61. The molecule has 0 heterocycles. The maximum atomic E-state index is 10.8. The Labute approximate surface area is 116 Å². The second-order valence-electron chi connectivity index (χ2n) is 6.31. The van der Waals surface area contributed by atoms with Crippen LogP contribution in [0.2, 0.25) is 0 Å². The largest absolute Gasteiger partial charge is 0.481 e. The average Bonchev–Trinajstić information content (AvgIpc) is 2.25. The summed E-state index contributed by atoms with van der Waals surface area (Å²) in [5, 5.41) is 8.87. The number of carboxylic acid groups (broad SMARTS) is 1. The van der Waals surface area contributed by atoms with E-state index in [2.05, 4.69) is 45.9 Å². The molecule has 0 saturated carbocycles. The smallest absolute Gasteiger partial charge is 0.305 e. The molecule has 0 spiro atoms. The summed E-state index contributed by atoms with van der Waals surface area (Å²) in [6.45, 7) is 10.6. The lowest BCUT2D eigenvalue weighted by Gasteiger charge is -2.29. The van der Waals surface area contributed by atoms with E-state index in [0.29, 0.717) is 0 Å². The van der Waals surface area contributed by atoms with Crippen LogP contribution in [0.1, 0.15) is 45.2 Å². The molecule has 3 heteroatoms. The Hall–Kier alpha value is -1.51. The van der Waals surface area contributed by atoms with Crippen molar-refractivity contribution in [1.29, 1.82) is 0 Å². The number of carboxylic acids is 1. The van der Waals surface area contributed by atoms with E-state index in [9.17, 15) is 4.79 Å². The number of rotatable bonds is 4. The van der Waals surface area contributed by atoms with E-state index >= 15 is 0 Å². The van der Waals surface area contributed by atoms with E-state index in [0.717, 1.165) is 5.69 Å². The second-order valence-corrected chi connectivity index (χ2v) is 6.31. The molecule has 0 aliphatic rings. The van der Waals surface area contributed by atoms with Crippen LogP contribution in [0, 0.1) is 6.92 Å². The molecule has 0 aliphatic carbocycles. The molecule has 3 nitrogen and oxygen atoms in total. The molecular formula is C16H25NO2. The van der Waals surface area contributed by atoms with Crippen molar-refractivity contribution in [2.45, 2.75) is 52.5 Å². The highest BCUT2D eigenvalue weighted by Crippen LogP contribution is 2.28. The van der Waals surface area contributed by atoms with Crippen molar-refractivity contribution in [1.82, 2.24) is 0 Å². The van der Waals surface area contributed by atoms with Gasteiger partial charge < -0.3 is 10.0 Å². The van der Waals surface area contributed by atoms with Gasteiger partial charge in [0.25, 0.3) is 0 Å². The first-order valence-electron chi connectivity index (χ1n) is 6.68. The first-order chi connectivity index (χ1) is 8.62. The molecule has 0 aromatic heterocycles. The summed E-state index contributed by atoms with van der Waals surface area (Å²) in [4.78, 5) is 12.8. The predicted molar refractivity (Wildman–Crippen MR) is 80.0 cm³/mol. The lowest BCUT2D eigenvalue weighted by molar-refractivity contribution is -0.137. The van der Waals surface area contributed by atoms with Gasteiger partial charge >= 0.3 is 5.97 Å². The van der Waals surface area contributed by atoms with Crippen LogP contribution in [-0.4, -0.2) is 24.2 Å². The molecular weight excluding hydrogens is 238 g/mol. The summed E-state index contributed by atoms with van der Waals surface area (Å²) in [5.41, 5.74) is 3.72. The van der Waals surface area contributed by atoms with Crippen LogP contribution in [0.15, 0.2) is 18.2 Å². The normalized spacial score (nSPS) is 13.2. The molecule has 1 N–H and O–H groups in total. The minimum absolute atomic E-state index is 0.0170. The molecule has 1 aromatic carbocycles. The summed E-state index contributed by atoms with van der Waals surface area (Å²) in [7, 11) is 1.95. The van der Waals surface area contributed by atoms with E-state index in [-0.39, 0.29) is 17.9 Å². The molecule has 1 rings (SSSR count). The van der Waals surface area contributed by atoms with Gasteiger partial charge in [-0.3, -0.25) is 4.79 Å². The Bertz CT molecular complexity index is 460. The first kappa shape index (κ1) is 15.5. The molecule has 0 bridgehead atoms. The SMILES string of the molecule is Cc1cc(C(C)(C)C)ccc1N(C)C(C)CC(=O)O. The lowest BCUT2D eigenvalue weighted by Crippen LogP contribution is -2.31. The highest BCUT2D eigenvalue weighted by molar-refractivity contribution is 5.68. The number of nitrogens with zero attached hydrogens (tertiary/aromatic N) is 1. The zero-order valence-corrected chi connectivity index (χ0v) is 12.8. The standard InChI is InChI=1S/C16H25NO2/c1-11-9-13(16(3,4)5)7-8-14(11)17(6)12(2)10-15(18)19/h7-9,12H,10H2,1-6H3,(H,18,19). The minimum atomic E-state index is -0.761. The third-order valence-corrected chi connectivity index (χ3v) is 3.57. The van der Waals surface area contributed by atoms with Gasteiger partial charge in [0, 0.05) is 18.8 Å². The quantitative estimate of drug-likeness (QED) is 0.902. The molecule has 0 aliphatic heterocycles. The minimum Gasteiger partial charge on any atom is -0.481 e. The number of benzene rings is 1. The topological polar surface area (TPSA) is 40.5 Å². The zero-order valence-electron chi connectivity index (χ0n) is 12.8. The van der Waals surface area contributed by atoms with Crippen molar-refractivity contribution in [3.8, 4) is 0 Å². The van der Waals surface area contributed by atoms with Gasteiger partial charge in [-0.2, -0.15) is 0 Å². The molecule has 1 aromatic rings. The Morgan fingerprint density at radius 3 is 2.37 bits per heavy atom. The molecule has 1 atom stereocenters. The van der Waals surface area contributed by atoms with Crippen LogP contribution in [0.5, 0.6) is 0 Å². The highest BCUT2D eigenvalue weighted by Gasteiger charge is 2.18. The summed E-state index contributed by atoms with van der Waals surface area (Å²) < 4.78 is 0. The van der Waals surface area contributed by atoms with Crippen molar-refractivity contribution in [2.75, 3.05) is 11.9 Å². The number of anilines is 1. The van der Waals surface area contributed by atoms with Crippen molar-refractivity contribution in [3.05, 3.63) is 29.3 Å². The molecule has 0 amide bonds. The summed E-state index contributed by atoms with van der Waals surface area (Å²) in [6, 6.07) is 6.40. The summed E-state index contributed by atoms with van der Waals surface area (Å²) in [5.74, 6) is -0.761. The van der Waals surface area contributed by atoms with Crippen molar-refractivity contribution < 1.29 is 9.90 Å². The fraction of sp³-hybridized carbons (Fsp3) is 0.562. The number of hydrogen-bond acceptors (Lipinski definition) is 2. The van der Waals surface area contributed by atoms with Crippen LogP contribution in [0.4, 0.5) is 5.69 Å². The third kappa shape index (κ3) is 3.98. The van der Waals surface area contributed by atoms with Gasteiger partial charge in [0.05, 0.1) is 6.42 Å². The predicted octanol–water partition coefficient (Wildman–Crippen LogP) is 3.59. The molecule has 0 fully saturated rings. The van der Waals surface area contributed by atoms with Gasteiger partial charge in [-0.25, -0.2) is 0 Å². The van der Waals surface area contributed by atoms with Gasteiger partial charge in [0.1, 0.15) is 0 Å². The Morgan fingerprint density at radius 1 is 1.37 bits per heavy atom. The highest BCUT2D eigenvalue weighted by atomic mass is 16.4. The van der Waals surface area contributed by atoms with Crippen molar-refractivity contribution in [2.24, 2.45) is 0 Å². The van der Waals surface area contributed by atoms with Gasteiger partial charge in [-0.15, -0.1) is 0 Å². The van der Waals surface area contributed by atoms with E-state index in [1.54, 1.807) is 0 Å². The fourth-order valence-corrected chi connectivity index (χ4v) is 2.14. The maximum absolute atomic E-state index is 10.8. The van der Waals surface area contributed by atoms with E-state index < -0.39 is 5.97 Å². The number of carbonyl (C=O) groups is 1. The molecule has 0 radical (unpaired) electrons. The Balaban J connectivity index is 2.99. The summed E-state index contributed by atoms with van der Waals surface area (Å²) >= 11 is 0. The van der Waals surface area contributed by atoms with Crippen molar-refractivity contribution >= 4 is 11.7 Å². The van der Waals surface area contributed by atoms with E-state index in [1.165, 1.54) is 11.1 Å². The van der Waals surface area contributed by atoms with E-state index in [1.807, 2.05) is 18.9 Å². The van der Waals surface area contributed by atoms with Crippen LogP contribution in [0.25, 0.3) is 0 Å². The maximum Gasteiger partial charge on any atom is 0.305 e. The molecule has 19 heavy (non-hydrogen) atoms. The molecule has 0 saturated heterocycles. The van der Waals surface area contributed by atoms with Crippen LogP contribution in [0.3, 0.4) is 0 Å². The molecule has 1 unspecified atom stereocenters. The van der Waals surface area contributed by atoms with Crippen molar-refractivity contribution in [3.63, 3.8) is 0 Å². The van der Waals surface area contributed by atoms with Crippen LogP contribution < -0.4 is 4.90 Å². The summed E-state index contributed by atoms with van der Waals surface area (Å²) in [6.07, 6.45) is 0.150. The van der Waals surface area contributed by atoms with Gasteiger partial charge in [0.15, 0.2) is 0 Å². The van der Waals surface area contributed by atoms with Gasteiger partial charge in [-0.05, 0) is 36.5 Å². The van der Waals surface area contributed by atoms with Crippen LogP contribution in [-0.2, 0) is 10.2 Å². The lowest BCUT2D eigenvalue weighted by atomic mass is 9.86. The second kappa shape index (κ2) is 5.64. The number of hydrogen-bond donors (Lipinski definition) is 1. The Morgan fingerprint density at radius 2 is 1.95 bits per heavy atom. The third-order valence-electron chi connectivity index (χ3n) is 3.57. The molecule has 106 valence electrons. The zero-order chi connectivity index (χ0) is 14.8. The average molecular weight is 263 g/mol. The van der Waals surface area contributed by atoms with E-state index in [4.69, 9.17) is 5.11 Å².